The van der Waals surface area contributed by atoms with E-state index in [0.29, 0.717) is 25.7 Å². The molecule has 5 N–H and O–H groups in total. The monoisotopic (exact) mass is 338 g/mol. The van der Waals surface area contributed by atoms with E-state index in [0.717, 1.165) is 6.42 Å². The van der Waals surface area contributed by atoms with E-state index < -0.39 is 24.4 Å². The molecule has 6 atom stereocenters. The summed E-state index contributed by atoms with van der Waals surface area (Å²) in [5.74, 6) is -0.379. The van der Waals surface area contributed by atoms with Crippen LogP contribution in [0.5, 0.6) is 0 Å². The average Bonchev–Trinajstić information content (AvgIpc) is 2.85. The highest BCUT2D eigenvalue weighted by molar-refractivity contribution is 5.14. The van der Waals surface area contributed by atoms with Crippen LogP contribution >= 0.6 is 0 Å². The second kappa shape index (κ2) is 9.49. The zero-order valence-corrected chi connectivity index (χ0v) is 14.0. The molecule has 5 heteroatoms. The molecule has 1 aliphatic rings. The molecule has 0 aromatic heterocycles. The maximum Gasteiger partial charge on any atom is 0.0774 e. The normalized spacial score (nSPS) is 29.5. The van der Waals surface area contributed by atoms with Crippen LogP contribution in [0.2, 0.25) is 0 Å². The van der Waals surface area contributed by atoms with E-state index in [1.54, 1.807) is 0 Å². The highest BCUT2D eigenvalue weighted by atomic mass is 16.3. The van der Waals surface area contributed by atoms with E-state index in [-0.39, 0.29) is 24.9 Å². The van der Waals surface area contributed by atoms with E-state index in [1.165, 1.54) is 5.56 Å². The lowest BCUT2D eigenvalue weighted by Gasteiger charge is -2.26. The fourth-order valence-electron chi connectivity index (χ4n) is 3.80. The maximum atomic E-state index is 10.2. The van der Waals surface area contributed by atoms with Crippen molar-refractivity contribution < 1.29 is 25.5 Å². The Morgan fingerprint density at radius 2 is 1.58 bits per heavy atom. The lowest BCUT2D eigenvalue weighted by atomic mass is 9.84. The van der Waals surface area contributed by atoms with Crippen molar-refractivity contribution in [1.29, 1.82) is 0 Å². The predicted molar refractivity (Wildman–Crippen MR) is 91.3 cm³/mol. The molecule has 1 aliphatic carbocycles. The molecule has 0 spiro atoms. The van der Waals surface area contributed by atoms with Gasteiger partial charge in [0.1, 0.15) is 0 Å². The van der Waals surface area contributed by atoms with Crippen molar-refractivity contribution in [1.82, 2.24) is 0 Å². The number of aliphatic hydroxyl groups excluding tert-OH is 5. The molecule has 1 aromatic rings. The molecule has 2 unspecified atom stereocenters. The minimum Gasteiger partial charge on any atom is -0.394 e. The van der Waals surface area contributed by atoms with Crippen molar-refractivity contribution in [3.63, 3.8) is 0 Å². The molecule has 2 rings (SSSR count). The molecule has 24 heavy (non-hydrogen) atoms. The van der Waals surface area contributed by atoms with Gasteiger partial charge in [-0.15, -0.1) is 0 Å². The van der Waals surface area contributed by atoms with Crippen LogP contribution in [0, 0.1) is 11.8 Å². The van der Waals surface area contributed by atoms with Crippen LogP contribution in [-0.4, -0.2) is 56.6 Å². The number of aryl methyl sites for hydroxylation is 1. The summed E-state index contributed by atoms with van der Waals surface area (Å²) in [4.78, 5) is 0. The Hall–Kier alpha value is -0.980. The Balaban J connectivity index is 1.79. The number of rotatable bonds is 9. The topological polar surface area (TPSA) is 101 Å². The molecule has 136 valence electrons. The van der Waals surface area contributed by atoms with Gasteiger partial charge in [0.2, 0.25) is 0 Å². The van der Waals surface area contributed by atoms with Crippen molar-refractivity contribution in [2.75, 3.05) is 6.61 Å². The van der Waals surface area contributed by atoms with Gasteiger partial charge in [0.15, 0.2) is 0 Å². The van der Waals surface area contributed by atoms with Crippen LogP contribution in [0.25, 0.3) is 0 Å². The van der Waals surface area contributed by atoms with Gasteiger partial charge in [-0.2, -0.15) is 0 Å². The number of hydrogen-bond donors (Lipinski definition) is 5. The van der Waals surface area contributed by atoms with Gasteiger partial charge in [0.25, 0.3) is 0 Å². The Morgan fingerprint density at radius 3 is 2.25 bits per heavy atom. The summed E-state index contributed by atoms with van der Waals surface area (Å²) in [7, 11) is 0. The second-order valence-electron chi connectivity index (χ2n) is 7.03. The minimum absolute atomic E-state index is 0.146. The van der Waals surface area contributed by atoms with Crippen LogP contribution in [0.3, 0.4) is 0 Å². The zero-order chi connectivity index (χ0) is 17.5. The third-order valence-electron chi connectivity index (χ3n) is 5.22. The average molecular weight is 338 g/mol. The molecule has 0 radical (unpaired) electrons. The number of benzene rings is 1. The first-order valence-corrected chi connectivity index (χ1v) is 8.88. The van der Waals surface area contributed by atoms with Crippen molar-refractivity contribution in [2.24, 2.45) is 11.8 Å². The molecule has 0 saturated heterocycles. The molecular weight excluding hydrogens is 308 g/mol. The molecule has 0 amide bonds. The Labute approximate surface area is 143 Å². The minimum atomic E-state index is -0.875. The van der Waals surface area contributed by atoms with E-state index in [2.05, 4.69) is 0 Å². The number of aliphatic hydroxyl groups is 5. The largest absolute Gasteiger partial charge is 0.394 e. The van der Waals surface area contributed by atoms with E-state index in [4.69, 9.17) is 5.11 Å². The zero-order valence-electron chi connectivity index (χ0n) is 14.0. The summed E-state index contributed by atoms with van der Waals surface area (Å²) in [6, 6.07) is 10.0. The van der Waals surface area contributed by atoms with E-state index in [9.17, 15) is 20.4 Å². The summed E-state index contributed by atoms with van der Waals surface area (Å²) < 4.78 is 0. The van der Waals surface area contributed by atoms with E-state index >= 15 is 0 Å². The number of hydrogen-bond acceptors (Lipinski definition) is 5. The van der Waals surface area contributed by atoms with Gasteiger partial charge in [0, 0.05) is 0 Å². The van der Waals surface area contributed by atoms with Gasteiger partial charge < -0.3 is 25.5 Å². The van der Waals surface area contributed by atoms with Gasteiger partial charge in [-0.3, -0.25) is 0 Å². The maximum absolute atomic E-state index is 10.2. The quantitative estimate of drug-likeness (QED) is 0.460. The summed E-state index contributed by atoms with van der Waals surface area (Å²) in [6.45, 7) is -0.342. The van der Waals surface area contributed by atoms with Crippen LogP contribution in [0.4, 0.5) is 0 Å². The van der Waals surface area contributed by atoms with Crippen LogP contribution in [-0.2, 0) is 6.42 Å². The first-order chi connectivity index (χ1) is 11.5. The van der Waals surface area contributed by atoms with Gasteiger partial charge in [0.05, 0.1) is 31.0 Å². The lowest BCUT2D eigenvalue weighted by Crippen LogP contribution is -2.29. The Morgan fingerprint density at radius 1 is 0.917 bits per heavy atom. The predicted octanol–water partition coefficient (Wildman–Crippen LogP) is 0.861. The molecule has 5 nitrogen and oxygen atoms in total. The van der Waals surface area contributed by atoms with Gasteiger partial charge in [-0.05, 0) is 55.9 Å². The lowest BCUT2D eigenvalue weighted by molar-refractivity contribution is 0.0263. The van der Waals surface area contributed by atoms with Gasteiger partial charge in [-0.1, -0.05) is 30.3 Å². The molecule has 0 heterocycles. The smallest absolute Gasteiger partial charge is 0.0774 e. The summed E-state index contributed by atoms with van der Waals surface area (Å²) >= 11 is 0. The molecule has 0 bridgehead atoms. The molecular formula is C19H30O5. The van der Waals surface area contributed by atoms with Crippen LogP contribution in [0.15, 0.2) is 30.3 Å². The fourth-order valence-corrected chi connectivity index (χ4v) is 3.80. The Kier molecular flexibility index (Phi) is 7.65. The Bertz CT molecular complexity index is 466. The van der Waals surface area contributed by atoms with Crippen molar-refractivity contribution in [2.45, 2.75) is 62.9 Å². The standard InChI is InChI=1S/C19H30O5/c20-12-15(22)10-17-16(18(23)11-19(17)24)9-8-14(21)7-6-13-4-2-1-3-5-13/h1-5,14-24H,6-12H2/t14-,15?,16?,17+,18+,19-/m0/s1. The molecule has 1 fully saturated rings. The molecule has 1 aromatic carbocycles. The summed E-state index contributed by atoms with van der Waals surface area (Å²) in [6.07, 6.45) is 0.630. The van der Waals surface area contributed by atoms with E-state index in [1.807, 2.05) is 30.3 Å². The second-order valence-corrected chi connectivity index (χ2v) is 7.03. The van der Waals surface area contributed by atoms with Gasteiger partial charge >= 0.3 is 0 Å². The first-order valence-electron chi connectivity index (χ1n) is 8.88. The van der Waals surface area contributed by atoms with Crippen LogP contribution < -0.4 is 0 Å². The SMILES string of the molecule is OCC(O)C[C@@H]1C(CC[C@@H](O)CCc2ccccc2)[C@H](O)C[C@@H]1O. The summed E-state index contributed by atoms with van der Waals surface area (Å²) in [5.41, 5.74) is 1.19. The third-order valence-corrected chi connectivity index (χ3v) is 5.22. The highest BCUT2D eigenvalue weighted by Gasteiger charge is 2.42. The molecule has 1 saturated carbocycles. The van der Waals surface area contributed by atoms with Crippen molar-refractivity contribution >= 4 is 0 Å². The van der Waals surface area contributed by atoms with Crippen molar-refractivity contribution in [3.05, 3.63) is 35.9 Å². The van der Waals surface area contributed by atoms with Crippen LogP contribution in [0.1, 0.15) is 37.7 Å². The first kappa shape index (κ1) is 19.3. The molecule has 0 aliphatic heterocycles. The third kappa shape index (κ3) is 5.53. The summed E-state index contributed by atoms with van der Waals surface area (Å²) in [5, 5.41) is 49.1. The van der Waals surface area contributed by atoms with Gasteiger partial charge in [-0.25, -0.2) is 0 Å². The highest BCUT2D eigenvalue weighted by Crippen LogP contribution is 2.38. The van der Waals surface area contributed by atoms with Crippen molar-refractivity contribution in [3.8, 4) is 0 Å². The fraction of sp³-hybridized carbons (Fsp3) is 0.684.